The highest BCUT2D eigenvalue weighted by molar-refractivity contribution is 9.10. The zero-order chi connectivity index (χ0) is 13.1. The summed E-state index contributed by atoms with van der Waals surface area (Å²) in [6, 6.07) is 5.65. The Morgan fingerprint density at radius 2 is 2.11 bits per heavy atom. The van der Waals surface area contributed by atoms with E-state index < -0.39 is 0 Å². The Hall–Kier alpha value is -1.33. The van der Waals surface area contributed by atoms with Crippen molar-refractivity contribution in [2.45, 2.75) is 6.92 Å². The lowest BCUT2D eigenvalue weighted by atomic mass is 10.3. The summed E-state index contributed by atoms with van der Waals surface area (Å²) in [6.45, 7) is 1.94. The van der Waals surface area contributed by atoms with Gasteiger partial charge in [-0.15, -0.1) is 0 Å². The van der Waals surface area contributed by atoms with E-state index in [-0.39, 0.29) is 0 Å². The standard InChI is InChI=1S/C12H12BrClN4/c1-7-6-16-12(15-2)18-11(7)17-10-4-3-8(13)5-9(10)14/h3-6H,1-2H3,(H2,15,16,17,18). The van der Waals surface area contributed by atoms with Crippen LogP contribution in [-0.2, 0) is 0 Å². The van der Waals surface area contributed by atoms with Gasteiger partial charge in [-0.25, -0.2) is 4.98 Å². The van der Waals surface area contributed by atoms with Crippen LogP contribution >= 0.6 is 27.5 Å². The van der Waals surface area contributed by atoms with Gasteiger partial charge < -0.3 is 10.6 Å². The Kier molecular flexibility index (Phi) is 4.04. The molecule has 1 heterocycles. The second kappa shape index (κ2) is 5.54. The molecule has 0 spiro atoms. The van der Waals surface area contributed by atoms with Crippen molar-refractivity contribution in [3.8, 4) is 0 Å². The number of aromatic nitrogens is 2. The maximum absolute atomic E-state index is 6.15. The lowest BCUT2D eigenvalue weighted by Gasteiger charge is -2.11. The number of benzene rings is 1. The third kappa shape index (κ3) is 2.91. The largest absolute Gasteiger partial charge is 0.357 e. The number of anilines is 3. The number of halogens is 2. The van der Waals surface area contributed by atoms with Crippen molar-refractivity contribution in [1.29, 1.82) is 0 Å². The molecule has 0 aliphatic carbocycles. The molecule has 0 fully saturated rings. The van der Waals surface area contributed by atoms with Crippen LogP contribution in [0.15, 0.2) is 28.9 Å². The monoisotopic (exact) mass is 326 g/mol. The molecule has 0 radical (unpaired) electrons. The van der Waals surface area contributed by atoms with Crippen LogP contribution in [0.2, 0.25) is 5.02 Å². The molecular weight excluding hydrogens is 316 g/mol. The Balaban J connectivity index is 2.33. The quantitative estimate of drug-likeness (QED) is 0.895. The molecule has 2 rings (SSSR count). The molecule has 0 amide bonds. The smallest absolute Gasteiger partial charge is 0.224 e. The fourth-order valence-corrected chi connectivity index (χ4v) is 2.13. The summed E-state index contributed by atoms with van der Waals surface area (Å²) in [4.78, 5) is 8.48. The highest BCUT2D eigenvalue weighted by atomic mass is 79.9. The molecule has 0 atom stereocenters. The summed E-state index contributed by atoms with van der Waals surface area (Å²) >= 11 is 9.53. The van der Waals surface area contributed by atoms with Crippen molar-refractivity contribution < 1.29 is 0 Å². The second-order valence-electron chi connectivity index (χ2n) is 3.72. The van der Waals surface area contributed by atoms with E-state index in [4.69, 9.17) is 11.6 Å². The minimum atomic E-state index is 0.566. The lowest BCUT2D eigenvalue weighted by molar-refractivity contribution is 1.12. The number of nitrogens with zero attached hydrogens (tertiary/aromatic N) is 2. The van der Waals surface area contributed by atoms with Crippen LogP contribution in [0.1, 0.15) is 5.56 Å². The SMILES string of the molecule is CNc1ncc(C)c(Nc2ccc(Br)cc2Cl)n1. The molecule has 4 nitrogen and oxygen atoms in total. The first kappa shape index (κ1) is 13.1. The van der Waals surface area contributed by atoms with Gasteiger partial charge in [0.2, 0.25) is 5.95 Å². The lowest BCUT2D eigenvalue weighted by Crippen LogP contribution is -2.02. The van der Waals surface area contributed by atoms with E-state index in [9.17, 15) is 0 Å². The van der Waals surface area contributed by atoms with Gasteiger partial charge in [0.05, 0.1) is 10.7 Å². The third-order valence-electron chi connectivity index (χ3n) is 2.38. The predicted octanol–water partition coefficient (Wildman–Crippen LogP) is 3.99. The normalized spacial score (nSPS) is 10.2. The number of aryl methyl sites for hydroxylation is 1. The average Bonchev–Trinajstić information content (AvgIpc) is 2.35. The number of nitrogens with one attached hydrogen (secondary N) is 2. The van der Waals surface area contributed by atoms with E-state index in [0.717, 1.165) is 21.5 Å². The summed E-state index contributed by atoms with van der Waals surface area (Å²) < 4.78 is 0.938. The van der Waals surface area contributed by atoms with Crippen LogP contribution in [0.3, 0.4) is 0 Å². The summed E-state index contributed by atoms with van der Waals surface area (Å²) in [5, 5.41) is 6.73. The minimum Gasteiger partial charge on any atom is -0.357 e. The van der Waals surface area contributed by atoms with Gasteiger partial charge in [0, 0.05) is 23.3 Å². The van der Waals surface area contributed by atoms with Gasteiger partial charge in [-0.05, 0) is 25.1 Å². The van der Waals surface area contributed by atoms with Crippen LogP contribution in [-0.4, -0.2) is 17.0 Å². The molecular formula is C12H12BrClN4. The maximum atomic E-state index is 6.15. The van der Waals surface area contributed by atoms with Crippen LogP contribution in [0, 0.1) is 6.92 Å². The topological polar surface area (TPSA) is 49.8 Å². The first-order valence-electron chi connectivity index (χ1n) is 5.33. The highest BCUT2D eigenvalue weighted by Gasteiger charge is 2.06. The molecule has 6 heteroatoms. The molecule has 0 saturated heterocycles. The highest BCUT2D eigenvalue weighted by Crippen LogP contribution is 2.28. The molecule has 0 bridgehead atoms. The van der Waals surface area contributed by atoms with E-state index in [1.165, 1.54) is 0 Å². The Bertz CT molecular complexity index is 574. The van der Waals surface area contributed by atoms with E-state index in [0.29, 0.717) is 11.0 Å². The van der Waals surface area contributed by atoms with Gasteiger partial charge in [0.25, 0.3) is 0 Å². The fourth-order valence-electron chi connectivity index (χ4n) is 1.41. The van der Waals surface area contributed by atoms with Crippen molar-refractivity contribution in [2.24, 2.45) is 0 Å². The van der Waals surface area contributed by atoms with Crippen molar-refractivity contribution in [3.05, 3.63) is 39.5 Å². The van der Waals surface area contributed by atoms with Gasteiger partial charge in [-0.3, -0.25) is 0 Å². The van der Waals surface area contributed by atoms with Gasteiger partial charge in [-0.1, -0.05) is 27.5 Å². The molecule has 1 aromatic heterocycles. The molecule has 0 aliphatic rings. The minimum absolute atomic E-state index is 0.566. The zero-order valence-electron chi connectivity index (χ0n) is 9.96. The van der Waals surface area contributed by atoms with Crippen LogP contribution < -0.4 is 10.6 Å². The molecule has 94 valence electrons. The second-order valence-corrected chi connectivity index (χ2v) is 5.05. The first-order valence-corrected chi connectivity index (χ1v) is 6.50. The zero-order valence-corrected chi connectivity index (χ0v) is 12.3. The number of rotatable bonds is 3. The molecule has 1 aromatic carbocycles. The Morgan fingerprint density at radius 3 is 2.78 bits per heavy atom. The predicted molar refractivity (Wildman–Crippen MR) is 78.8 cm³/mol. The van der Waals surface area contributed by atoms with Crippen LogP contribution in [0.4, 0.5) is 17.5 Å². The van der Waals surface area contributed by atoms with Gasteiger partial charge in [-0.2, -0.15) is 4.98 Å². The summed E-state index contributed by atoms with van der Waals surface area (Å²) in [5.74, 6) is 1.30. The molecule has 0 saturated carbocycles. The summed E-state index contributed by atoms with van der Waals surface area (Å²) in [7, 11) is 1.78. The maximum Gasteiger partial charge on any atom is 0.224 e. The third-order valence-corrected chi connectivity index (χ3v) is 3.19. The van der Waals surface area contributed by atoms with Crippen LogP contribution in [0.5, 0.6) is 0 Å². The number of hydrogen-bond donors (Lipinski definition) is 2. The van der Waals surface area contributed by atoms with Crippen LogP contribution in [0.25, 0.3) is 0 Å². The van der Waals surface area contributed by atoms with E-state index in [2.05, 4.69) is 36.5 Å². The fraction of sp³-hybridized carbons (Fsp3) is 0.167. The molecule has 0 unspecified atom stereocenters. The molecule has 2 N–H and O–H groups in total. The Morgan fingerprint density at radius 1 is 1.33 bits per heavy atom. The molecule has 18 heavy (non-hydrogen) atoms. The van der Waals surface area contributed by atoms with Crippen molar-refractivity contribution in [2.75, 3.05) is 17.7 Å². The average molecular weight is 328 g/mol. The number of hydrogen-bond acceptors (Lipinski definition) is 4. The Labute approximate surface area is 119 Å². The van der Waals surface area contributed by atoms with Gasteiger partial charge in [0.1, 0.15) is 5.82 Å². The van der Waals surface area contributed by atoms with E-state index in [1.807, 2.05) is 25.1 Å². The van der Waals surface area contributed by atoms with Gasteiger partial charge in [0.15, 0.2) is 0 Å². The summed E-state index contributed by atoms with van der Waals surface area (Å²) in [5.41, 5.74) is 1.76. The molecule has 0 aliphatic heterocycles. The van der Waals surface area contributed by atoms with Crippen molar-refractivity contribution in [1.82, 2.24) is 9.97 Å². The van der Waals surface area contributed by atoms with Gasteiger partial charge >= 0.3 is 0 Å². The summed E-state index contributed by atoms with van der Waals surface area (Å²) in [6.07, 6.45) is 1.76. The van der Waals surface area contributed by atoms with E-state index >= 15 is 0 Å². The molecule has 2 aromatic rings. The van der Waals surface area contributed by atoms with Crippen molar-refractivity contribution in [3.63, 3.8) is 0 Å². The van der Waals surface area contributed by atoms with E-state index in [1.54, 1.807) is 13.2 Å². The van der Waals surface area contributed by atoms with Crippen molar-refractivity contribution >= 4 is 45.0 Å². The first-order chi connectivity index (χ1) is 8.60.